The van der Waals surface area contributed by atoms with E-state index in [1.54, 1.807) is 13.8 Å². The third-order valence-electron chi connectivity index (χ3n) is 3.22. The Morgan fingerprint density at radius 1 is 0.846 bits per heavy atom. The molecule has 0 rings (SSSR count). The van der Waals surface area contributed by atoms with E-state index in [9.17, 15) is 19.8 Å². The van der Waals surface area contributed by atoms with Crippen molar-refractivity contribution in [2.24, 2.45) is 0 Å². The average Bonchev–Trinajstić information content (AvgIpc) is 2.59. The summed E-state index contributed by atoms with van der Waals surface area (Å²) >= 11 is 0. The Balaban J connectivity index is 3.47. The Bertz CT molecular complexity index is 425. The average molecular weight is 372 g/mol. The predicted molar refractivity (Wildman–Crippen MR) is 98.5 cm³/mol. The lowest BCUT2D eigenvalue weighted by molar-refractivity contribution is -0.118. The minimum Gasteiger partial charge on any atom is -0.389 e. The van der Waals surface area contributed by atoms with Crippen molar-refractivity contribution in [1.29, 1.82) is 0 Å². The largest absolute Gasteiger partial charge is 0.389 e. The highest BCUT2D eigenvalue weighted by atomic mass is 16.5. The molecule has 150 valence electrons. The number of carbonyl (C=O) groups excluding carboxylic acids is 2. The van der Waals surface area contributed by atoms with E-state index in [2.05, 4.69) is 23.8 Å². The highest BCUT2D eigenvalue weighted by Crippen LogP contribution is 1.95. The van der Waals surface area contributed by atoms with Crippen molar-refractivity contribution in [3.8, 4) is 0 Å². The fraction of sp³-hybridized carbons (Fsp3) is 0.667. The number of carbonyl (C=O) groups is 2. The van der Waals surface area contributed by atoms with E-state index in [4.69, 9.17) is 9.47 Å². The lowest BCUT2D eigenvalue weighted by Gasteiger charge is -2.13. The van der Waals surface area contributed by atoms with Crippen molar-refractivity contribution in [1.82, 2.24) is 10.6 Å². The van der Waals surface area contributed by atoms with Crippen LogP contribution in [-0.2, 0) is 19.1 Å². The topological polar surface area (TPSA) is 117 Å². The molecule has 0 aliphatic heterocycles. The Labute approximate surface area is 155 Å². The molecule has 0 aromatic rings. The summed E-state index contributed by atoms with van der Waals surface area (Å²) in [5.41, 5.74) is 0.780. The first-order chi connectivity index (χ1) is 12.2. The minimum atomic E-state index is -0.765. The van der Waals surface area contributed by atoms with Gasteiger partial charge in [0.2, 0.25) is 11.8 Å². The maximum absolute atomic E-state index is 11.3. The van der Waals surface area contributed by atoms with Crippen molar-refractivity contribution in [2.75, 3.05) is 39.5 Å². The summed E-state index contributed by atoms with van der Waals surface area (Å²) in [4.78, 5) is 22.5. The number of aliphatic hydroxyl groups is 2. The van der Waals surface area contributed by atoms with Crippen LogP contribution in [0.5, 0.6) is 0 Å². The second-order valence-electron chi connectivity index (χ2n) is 6.15. The number of aliphatic hydroxyl groups excluding tert-OH is 2. The molecule has 0 bridgehead atoms. The van der Waals surface area contributed by atoms with Crippen LogP contribution >= 0.6 is 0 Å². The van der Waals surface area contributed by atoms with Crippen LogP contribution < -0.4 is 10.6 Å². The third kappa shape index (κ3) is 13.5. The molecule has 0 aromatic carbocycles. The molecular formula is C18H32N2O6. The van der Waals surface area contributed by atoms with Gasteiger partial charge < -0.3 is 30.3 Å². The molecule has 0 aromatic heterocycles. The molecule has 2 amide bonds. The zero-order chi connectivity index (χ0) is 19.9. The van der Waals surface area contributed by atoms with Crippen LogP contribution in [0.25, 0.3) is 0 Å². The number of rotatable bonds is 15. The number of hydrogen-bond acceptors (Lipinski definition) is 6. The highest BCUT2D eigenvalue weighted by Gasteiger charge is 2.08. The first kappa shape index (κ1) is 24.3. The third-order valence-corrected chi connectivity index (χ3v) is 3.22. The van der Waals surface area contributed by atoms with Gasteiger partial charge in [0.05, 0.1) is 25.4 Å². The molecule has 2 atom stereocenters. The molecule has 0 saturated carbocycles. The molecule has 0 fully saturated rings. The monoisotopic (exact) mass is 372 g/mol. The van der Waals surface area contributed by atoms with E-state index in [0.29, 0.717) is 24.4 Å². The van der Waals surface area contributed by atoms with E-state index < -0.39 is 12.2 Å². The molecule has 4 N–H and O–H groups in total. The molecular weight excluding hydrogens is 340 g/mol. The minimum absolute atomic E-state index is 0.120. The normalized spacial score (nSPS) is 12.9. The summed E-state index contributed by atoms with van der Waals surface area (Å²) in [6, 6.07) is 0. The van der Waals surface area contributed by atoms with Crippen molar-refractivity contribution in [3.05, 3.63) is 24.3 Å². The van der Waals surface area contributed by atoms with Crippen LogP contribution in [0, 0.1) is 0 Å². The van der Waals surface area contributed by atoms with Gasteiger partial charge in [0, 0.05) is 37.4 Å². The van der Waals surface area contributed by atoms with Gasteiger partial charge >= 0.3 is 0 Å². The maximum atomic E-state index is 11.3. The second kappa shape index (κ2) is 14.4. The van der Waals surface area contributed by atoms with E-state index >= 15 is 0 Å². The predicted octanol–water partition coefficient (Wildman–Crippen LogP) is -0.0938. The van der Waals surface area contributed by atoms with Crippen molar-refractivity contribution in [3.63, 3.8) is 0 Å². The van der Waals surface area contributed by atoms with Crippen molar-refractivity contribution in [2.45, 2.75) is 38.9 Å². The van der Waals surface area contributed by atoms with Crippen LogP contribution in [0.1, 0.15) is 26.7 Å². The summed E-state index contributed by atoms with van der Waals surface area (Å²) < 4.78 is 10.6. The van der Waals surface area contributed by atoms with Gasteiger partial charge in [-0.25, -0.2) is 0 Å². The molecule has 0 heterocycles. The van der Waals surface area contributed by atoms with Crippen LogP contribution in [0.3, 0.4) is 0 Å². The number of amides is 2. The summed E-state index contributed by atoms with van der Waals surface area (Å²) in [6.07, 6.45) is -0.0427. The Morgan fingerprint density at radius 2 is 1.19 bits per heavy atom. The van der Waals surface area contributed by atoms with Gasteiger partial charge in [-0.05, 0) is 26.7 Å². The molecule has 8 heteroatoms. The van der Waals surface area contributed by atoms with Crippen molar-refractivity contribution >= 4 is 11.8 Å². The molecule has 0 aliphatic carbocycles. The van der Waals surface area contributed by atoms with Gasteiger partial charge in [-0.1, -0.05) is 13.2 Å². The lowest BCUT2D eigenvalue weighted by atomic mass is 10.3. The Morgan fingerprint density at radius 3 is 1.50 bits per heavy atom. The van der Waals surface area contributed by atoms with Gasteiger partial charge in [-0.2, -0.15) is 0 Å². The van der Waals surface area contributed by atoms with Gasteiger partial charge in [0.1, 0.15) is 0 Å². The van der Waals surface area contributed by atoms with Crippen LogP contribution in [0.4, 0.5) is 0 Å². The Hall–Kier alpha value is -1.74. The molecule has 0 radical (unpaired) electrons. The highest BCUT2D eigenvalue weighted by molar-refractivity contribution is 5.92. The standard InChI is InChI=1S/C18H32N2O6/c1-13(2)17(23)19-9-15(21)11-25-7-5-6-8-26-12-16(22)10-20-18(24)14(3)4/h15-16,21-22H,1,3,5-12H2,2,4H3,(H,19,23)(H,20,24). The summed E-state index contributed by atoms with van der Waals surface area (Å²) in [7, 11) is 0. The fourth-order valence-corrected chi connectivity index (χ4v) is 1.69. The summed E-state index contributed by atoms with van der Waals surface area (Å²) in [6.45, 7) is 11.6. The number of nitrogens with one attached hydrogen (secondary N) is 2. The SMILES string of the molecule is C=C(C)C(=O)NCC(O)COCCCCOCC(O)CNC(=O)C(=C)C. The number of ether oxygens (including phenoxy) is 2. The number of hydrogen-bond donors (Lipinski definition) is 4. The summed E-state index contributed by atoms with van der Waals surface area (Å²) in [5, 5.41) is 24.4. The first-order valence-electron chi connectivity index (χ1n) is 8.63. The van der Waals surface area contributed by atoms with Crippen LogP contribution in [-0.4, -0.2) is 73.8 Å². The molecule has 0 aliphatic rings. The van der Waals surface area contributed by atoms with Gasteiger partial charge in [0.15, 0.2) is 0 Å². The molecule has 2 unspecified atom stereocenters. The quantitative estimate of drug-likeness (QED) is 0.236. The molecule has 8 nitrogen and oxygen atoms in total. The summed E-state index contributed by atoms with van der Waals surface area (Å²) in [5.74, 6) is -0.579. The van der Waals surface area contributed by atoms with E-state index in [0.717, 1.165) is 12.8 Å². The zero-order valence-corrected chi connectivity index (χ0v) is 15.8. The van der Waals surface area contributed by atoms with Crippen LogP contribution in [0.2, 0.25) is 0 Å². The van der Waals surface area contributed by atoms with Crippen molar-refractivity contribution < 1.29 is 29.3 Å². The van der Waals surface area contributed by atoms with Crippen LogP contribution in [0.15, 0.2) is 24.3 Å². The van der Waals surface area contributed by atoms with Gasteiger partial charge in [-0.15, -0.1) is 0 Å². The molecule has 26 heavy (non-hydrogen) atoms. The molecule has 0 saturated heterocycles. The van der Waals surface area contributed by atoms with E-state index in [1.165, 1.54) is 0 Å². The van der Waals surface area contributed by atoms with E-state index in [1.807, 2.05) is 0 Å². The van der Waals surface area contributed by atoms with E-state index in [-0.39, 0.29) is 38.1 Å². The number of unbranched alkanes of at least 4 members (excludes halogenated alkanes) is 1. The lowest BCUT2D eigenvalue weighted by Crippen LogP contribution is -2.35. The fourth-order valence-electron chi connectivity index (χ4n) is 1.69. The Kier molecular flexibility index (Phi) is 13.5. The first-order valence-corrected chi connectivity index (χ1v) is 8.63. The van der Waals surface area contributed by atoms with Gasteiger partial charge in [0.25, 0.3) is 0 Å². The maximum Gasteiger partial charge on any atom is 0.246 e. The van der Waals surface area contributed by atoms with Gasteiger partial charge in [-0.3, -0.25) is 9.59 Å². The second-order valence-corrected chi connectivity index (χ2v) is 6.15. The smallest absolute Gasteiger partial charge is 0.246 e. The zero-order valence-electron chi connectivity index (χ0n) is 15.8. The molecule has 0 spiro atoms.